The third kappa shape index (κ3) is 4.39. The van der Waals surface area contributed by atoms with Crippen molar-refractivity contribution in [2.24, 2.45) is 5.92 Å². The van der Waals surface area contributed by atoms with Crippen LogP contribution in [0.2, 0.25) is 5.02 Å². The molecule has 1 atom stereocenters. The second-order valence-electron chi connectivity index (χ2n) is 4.97. The smallest absolute Gasteiger partial charge is 0.309 e. The summed E-state index contributed by atoms with van der Waals surface area (Å²) in [4.78, 5) is 13.8. The van der Waals surface area contributed by atoms with Gasteiger partial charge >= 0.3 is 5.97 Å². The van der Waals surface area contributed by atoms with Crippen LogP contribution in [0.3, 0.4) is 0 Å². The quantitative estimate of drug-likeness (QED) is 0.783. The Kier molecular flexibility index (Phi) is 5.68. The zero-order chi connectivity index (χ0) is 14.4. The molecule has 2 rings (SSSR count). The molecule has 0 saturated carbocycles. The molecule has 1 aromatic carbocycles. The van der Waals surface area contributed by atoms with Crippen molar-refractivity contribution in [3.8, 4) is 5.75 Å². The Balaban J connectivity index is 1.75. The van der Waals surface area contributed by atoms with E-state index in [1.165, 1.54) is 7.11 Å². The van der Waals surface area contributed by atoms with Crippen molar-refractivity contribution in [3.05, 3.63) is 29.3 Å². The Morgan fingerprint density at radius 3 is 3.10 bits per heavy atom. The van der Waals surface area contributed by atoms with E-state index in [2.05, 4.69) is 4.90 Å². The molecular weight excluding hydrogens is 278 g/mol. The first-order chi connectivity index (χ1) is 9.69. The zero-order valence-electron chi connectivity index (χ0n) is 11.7. The van der Waals surface area contributed by atoms with Gasteiger partial charge in [-0.3, -0.25) is 9.69 Å². The van der Waals surface area contributed by atoms with E-state index in [-0.39, 0.29) is 11.9 Å². The summed E-state index contributed by atoms with van der Waals surface area (Å²) in [7, 11) is 1.45. The minimum atomic E-state index is -0.106. The van der Waals surface area contributed by atoms with E-state index in [4.69, 9.17) is 21.1 Å². The third-order valence-corrected chi connectivity index (χ3v) is 3.75. The number of methoxy groups -OCH3 is 1. The van der Waals surface area contributed by atoms with E-state index in [0.29, 0.717) is 11.6 Å². The lowest BCUT2D eigenvalue weighted by molar-refractivity contribution is -0.147. The van der Waals surface area contributed by atoms with Gasteiger partial charge in [0.05, 0.1) is 13.0 Å². The molecule has 0 aliphatic carbocycles. The largest absolute Gasteiger partial charge is 0.492 e. The van der Waals surface area contributed by atoms with Gasteiger partial charge in [0.2, 0.25) is 0 Å². The molecule has 1 aromatic rings. The molecular formula is C15H20ClNO3. The van der Waals surface area contributed by atoms with Gasteiger partial charge in [-0.15, -0.1) is 0 Å². The first-order valence-corrected chi connectivity index (χ1v) is 7.25. The van der Waals surface area contributed by atoms with Gasteiger partial charge < -0.3 is 9.47 Å². The van der Waals surface area contributed by atoms with Crippen LogP contribution in [-0.2, 0) is 9.53 Å². The topological polar surface area (TPSA) is 38.8 Å². The highest BCUT2D eigenvalue weighted by Crippen LogP contribution is 2.19. The van der Waals surface area contributed by atoms with Crippen LogP contribution in [0.1, 0.15) is 12.8 Å². The molecule has 0 aromatic heterocycles. The Morgan fingerprint density at radius 2 is 2.35 bits per heavy atom. The summed E-state index contributed by atoms with van der Waals surface area (Å²) in [5.41, 5.74) is 0. The van der Waals surface area contributed by atoms with Crippen molar-refractivity contribution in [1.29, 1.82) is 0 Å². The number of ether oxygens (including phenoxy) is 2. The predicted molar refractivity (Wildman–Crippen MR) is 78.1 cm³/mol. The monoisotopic (exact) mass is 297 g/mol. The van der Waals surface area contributed by atoms with Gasteiger partial charge in [-0.1, -0.05) is 17.7 Å². The average Bonchev–Trinajstić information content (AvgIpc) is 2.47. The van der Waals surface area contributed by atoms with E-state index >= 15 is 0 Å². The lowest BCUT2D eigenvalue weighted by Gasteiger charge is -2.31. The van der Waals surface area contributed by atoms with Crippen LogP contribution in [0.25, 0.3) is 0 Å². The van der Waals surface area contributed by atoms with Crippen molar-refractivity contribution in [3.63, 3.8) is 0 Å². The number of hydrogen-bond acceptors (Lipinski definition) is 4. The summed E-state index contributed by atoms with van der Waals surface area (Å²) in [6, 6.07) is 7.38. The Bertz CT molecular complexity index is 452. The molecule has 110 valence electrons. The number of esters is 1. The molecule has 1 saturated heterocycles. The van der Waals surface area contributed by atoms with E-state index in [0.717, 1.165) is 38.2 Å². The number of carbonyl (C=O) groups is 1. The maximum Gasteiger partial charge on any atom is 0.309 e. The molecule has 1 heterocycles. The molecule has 0 N–H and O–H groups in total. The fourth-order valence-corrected chi connectivity index (χ4v) is 2.65. The standard InChI is InChI=1S/C15H20ClNO3/c1-19-15(18)12-4-3-7-17(11-12)8-9-20-14-6-2-5-13(16)10-14/h2,5-6,10,12H,3-4,7-9,11H2,1H3/t12-/m0/s1. The van der Waals surface area contributed by atoms with Crippen molar-refractivity contribution in [1.82, 2.24) is 4.90 Å². The van der Waals surface area contributed by atoms with Gasteiger partial charge in [0, 0.05) is 18.1 Å². The zero-order valence-corrected chi connectivity index (χ0v) is 12.4. The van der Waals surface area contributed by atoms with E-state index in [1.807, 2.05) is 18.2 Å². The van der Waals surface area contributed by atoms with Crippen LogP contribution in [0.5, 0.6) is 5.75 Å². The highest BCUT2D eigenvalue weighted by molar-refractivity contribution is 6.30. The van der Waals surface area contributed by atoms with E-state index in [9.17, 15) is 4.79 Å². The second-order valence-corrected chi connectivity index (χ2v) is 5.41. The van der Waals surface area contributed by atoms with E-state index < -0.39 is 0 Å². The minimum Gasteiger partial charge on any atom is -0.492 e. The lowest BCUT2D eigenvalue weighted by Crippen LogP contribution is -2.41. The summed E-state index contributed by atoms with van der Waals surface area (Å²) in [6.07, 6.45) is 1.94. The number of piperidine rings is 1. The highest BCUT2D eigenvalue weighted by Gasteiger charge is 2.26. The summed E-state index contributed by atoms with van der Waals surface area (Å²) >= 11 is 5.90. The highest BCUT2D eigenvalue weighted by atomic mass is 35.5. The van der Waals surface area contributed by atoms with Gasteiger partial charge in [-0.05, 0) is 37.6 Å². The Morgan fingerprint density at radius 1 is 1.50 bits per heavy atom. The first kappa shape index (κ1) is 15.1. The number of benzene rings is 1. The SMILES string of the molecule is COC(=O)[C@H]1CCCN(CCOc2cccc(Cl)c2)C1. The molecule has 4 nitrogen and oxygen atoms in total. The number of nitrogens with zero attached hydrogens (tertiary/aromatic N) is 1. The number of hydrogen-bond donors (Lipinski definition) is 0. The summed E-state index contributed by atoms with van der Waals surface area (Å²) in [5, 5.41) is 0.672. The summed E-state index contributed by atoms with van der Waals surface area (Å²) in [5.74, 6) is 0.671. The fraction of sp³-hybridized carbons (Fsp3) is 0.533. The first-order valence-electron chi connectivity index (χ1n) is 6.87. The molecule has 0 amide bonds. The molecule has 0 bridgehead atoms. The van der Waals surface area contributed by atoms with Crippen LogP contribution in [0, 0.1) is 5.92 Å². The predicted octanol–water partition coefficient (Wildman–Crippen LogP) is 2.60. The molecule has 1 aliphatic rings. The lowest BCUT2D eigenvalue weighted by atomic mass is 9.98. The third-order valence-electron chi connectivity index (χ3n) is 3.51. The maximum absolute atomic E-state index is 11.6. The maximum atomic E-state index is 11.6. The Labute approximate surface area is 124 Å². The van der Waals surface area contributed by atoms with Crippen LogP contribution in [0.15, 0.2) is 24.3 Å². The van der Waals surface area contributed by atoms with Gasteiger partial charge in [0.15, 0.2) is 0 Å². The second kappa shape index (κ2) is 7.50. The van der Waals surface area contributed by atoms with Crippen LogP contribution < -0.4 is 4.74 Å². The number of rotatable bonds is 5. The molecule has 0 unspecified atom stereocenters. The van der Waals surface area contributed by atoms with Crippen molar-refractivity contribution in [2.45, 2.75) is 12.8 Å². The van der Waals surface area contributed by atoms with Crippen molar-refractivity contribution < 1.29 is 14.3 Å². The number of halogens is 1. The van der Waals surface area contributed by atoms with Gasteiger partial charge in [0.1, 0.15) is 12.4 Å². The molecule has 0 spiro atoms. The molecule has 0 radical (unpaired) electrons. The van der Waals surface area contributed by atoms with Gasteiger partial charge in [-0.2, -0.15) is 0 Å². The van der Waals surface area contributed by atoms with E-state index in [1.54, 1.807) is 6.07 Å². The van der Waals surface area contributed by atoms with Crippen LogP contribution in [-0.4, -0.2) is 44.2 Å². The Hall–Kier alpha value is -1.26. The van der Waals surface area contributed by atoms with Crippen molar-refractivity contribution in [2.75, 3.05) is 33.4 Å². The molecule has 5 heteroatoms. The van der Waals surface area contributed by atoms with Crippen LogP contribution in [0.4, 0.5) is 0 Å². The normalized spacial score (nSPS) is 19.6. The number of carbonyl (C=O) groups excluding carboxylic acids is 1. The molecule has 1 aliphatic heterocycles. The minimum absolute atomic E-state index is 0.0000743. The summed E-state index contributed by atoms with van der Waals surface area (Å²) < 4.78 is 10.5. The molecule has 1 fully saturated rings. The summed E-state index contributed by atoms with van der Waals surface area (Å²) in [6.45, 7) is 3.16. The molecule has 20 heavy (non-hydrogen) atoms. The van der Waals surface area contributed by atoms with Crippen molar-refractivity contribution >= 4 is 17.6 Å². The van der Waals surface area contributed by atoms with Gasteiger partial charge in [0.25, 0.3) is 0 Å². The van der Waals surface area contributed by atoms with Crippen LogP contribution >= 0.6 is 11.6 Å². The average molecular weight is 298 g/mol. The number of likely N-dealkylation sites (tertiary alicyclic amines) is 1. The van der Waals surface area contributed by atoms with Gasteiger partial charge in [-0.25, -0.2) is 0 Å². The fourth-order valence-electron chi connectivity index (χ4n) is 2.47.